The molecule has 0 saturated carbocycles. The van der Waals surface area contributed by atoms with Gasteiger partial charge in [-0.25, -0.2) is 4.98 Å². The van der Waals surface area contributed by atoms with Crippen LogP contribution in [0.1, 0.15) is 11.1 Å². The Morgan fingerprint density at radius 2 is 1.68 bits per heavy atom. The van der Waals surface area contributed by atoms with Crippen molar-refractivity contribution >= 4 is 26.7 Å². The van der Waals surface area contributed by atoms with E-state index in [-0.39, 0.29) is 0 Å². The second-order valence-corrected chi connectivity index (χ2v) is 7.03. The Morgan fingerprint density at radius 3 is 2.52 bits per heavy atom. The van der Waals surface area contributed by atoms with E-state index < -0.39 is 0 Å². The van der Waals surface area contributed by atoms with Crippen molar-refractivity contribution < 1.29 is 4.74 Å². The molecule has 1 heterocycles. The smallest absolute Gasteiger partial charge is 0.181 e. The maximum Gasteiger partial charge on any atom is 0.181 e. The van der Waals surface area contributed by atoms with Gasteiger partial charge in [0, 0.05) is 5.56 Å². The maximum atomic E-state index is 5.98. The highest BCUT2D eigenvalue weighted by atomic mass is 32.1. The second-order valence-electron chi connectivity index (χ2n) is 5.96. The average Bonchev–Trinajstić information content (AvgIpc) is 3.02. The number of rotatable bonds is 4. The van der Waals surface area contributed by atoms with Crippen LogP contribution in [0, 0.1) is 6.92 Å². The van der Waals surface area contributed by atoms with Crippen molar-refractivity contribution in [3.05, 3.63) is 77.9 Å². The number of benzene rings is 3. The van der Waals surface area contributed by atoms with Crippen LogP contribution in [0.2, 0.25) is 0 Å². The van der Waals surface area contributed by atoms with Gasteiger partial charge in [-0.2, -0.15) is 0 Å². The lowest BCUT2D eigenvalue weighted by atomic mass is 9.99. The number of fused-ring (bicyclic) bond motifs is 1. The average molecular weight is 346 g/mol. The van der Waals surface area contributed by atoms with Crippen LogP contribution in [0.3, 0.4) is 0 Å². The Balaban J connectivity index is 1.70. The molecule has 0 aliphatic carbocycles. The number of nitrogen functional groups attached to an aromatic ring is 1. The summed E-state index contributed by atoms with van der Waals surface area (Å²) in [5, 5.41) is 0.593. The highest BCUT2D eigenvalue weighted by molar-refractivity contribution is 7.22. The molecule has 0 aliphatic heterocycles. The predicted molar refractivity (Wildman–Crippen MR) is 105 cm³/mol. The van der Waals surface area contributed by atoms with Crippen LogP contribution in [0.5, 0.6) is 5.75 Å². The molecule has 0 amide bonds. The summed E-state index contributed by atoms with van der Waals surface area (Å²) in [6.07, 6.45) is 0. The molecule has 1 aromatic heterocycles. The van der Waals surface area contributed by atoms with Gasteiger partial charge in [-0.15, -0.1) is 0 Å². The normalized spacial score (nSPS) is 10.9. The summed E-state index contributed by atoms with van der Waals surface area (Å²) in [5.74, 6) is 0.872. The van der Waals surface area contributed by atoms with Gasteiger partial charge in [0.25, 0.3) is 0 Å². The molecule has 2 N–H and O–H groups in total. The first-order valence-corrected chi connectivity index (χ1v) is 8.95. The molecule has 0 fully saturated rings. The molecule has 4 heteroatoms. The first kappa shape index (κ1) is 15.7. The van der Waals surface area contributed by atoms with Gasteiger partial charge in [0.2, 0.25) is 0 Å². The first-order valence-electron chi connectivity index (χ1n) is 8.13. The first-order chi connectivity index (χ1) is 12.2. The lowest BCUT2D eigenvalue weighted by Crippen LogP contribution is -1.98. The summed E-state index contributed by atoms with van der Waals surface area (Å²) < 4.78 is 7.09. The molecular weight excluding hydrogens is 328 g/mol. The highest BCUT2D eigenvalue weighted by Gasteiger charge is 2.12. The largest absolute Gasteiger partial charge is 0.489 e. The van der Waals surface area contributed by atoms with E-state index in [1.54, 1.807) is 0 Å². The molecule has 4 aromatic rings. The molecule has 0 radical (unpaired) electrons. The number of aryl methyl sites for hydroxylation is 1. The number of nitrogens with two attached hydrogens (primary N) is 1. The maximum absolute atomic E-state index is 5.98. The van der Waals surface area contributed by atoms with Crippen molar-refractivity contribution in [1.82, 2.24) is 4.98 Å². The van der Waals surface area contributed by atoms with E-state index in [9.17, 15) is 0 Å². The van der Waals surface area contributed by atoms with Gasteiger partial charge in [0.15, 0.2) is 5.13 Å². The fourth-order valence-corrected chi connectivity index (χ4v) is 3.65. The zero-order valence-electron chi connectivity index (χ0n) is 13.9. The molecule has 0 saturated heterocycles. The third-order valence-corrected chi connectivity index (χ3v) is 5.01. The highest BCUT2D eigenvalue weighted by Crippen LogP contribution is 2.34. The Morgan fingerprint density at radius 1 is 0.920 bits per heavy atom. The van der Waals surface area contributed by atoms with E-state index >= 15 is 0 Å². The molecule has 25 heavy (non-hydrogen) atoms. The van der Waals surface area contributed by atoms with Crippen molar-refractivity contribution in [1.29, 1.82) is 0 Å². The summed E-state index contributed by atoms with van der Waals surface area (Å²) in [4.78, 5) is 4.51. The second kappa shape index (κ2) is 6.57. The SMILES string of the molecule is Cc1ccc(OCc2ccccc2-c2cccc3sc(N)nc23)cc1. The van der Waals surface area contributed by atoms with Gasteiger partial charge in [-0.1, -0.05) is 65.4 Å². The summed E-state index contributed by atoms with van der Waals surface area (Å²) in [6, 6.07) is 22.6. The zero-order valence-corrected chi connectivity index (χ0v) is 14.7. The van der Waals surface area contributed by atoms with Crippen molar-refractivity contribution in [2.75, 3.05) is 5.73 Å². The molecular formula is C21H18N2OS. The molecule has 4 rings (SSSR count). The standard InChI is InChI=1S/C21H18N2OS/c1-14-9-11-16(12-10-14)24-13-15-5-2-3-6-17(15)18-7-4-8-19-20(18)23-21(22)25-19/h2-12H,13H2,1H3,(H2,22,23). The number of aromatic nitrogens is 1. The van der Waals surface area contributed by atoms with E-state index in [4.69, 9.17) is 10.5 Å². The topological polar surface area (TPSA) is 48.1 Å². The summed E-state index contributed by atoms with van der Waals surface area (Å²) in [6.45, 7) is 2.58. The Kier molecular flexibility index (Phi) is 4.12. The van der Waals surface area contributed by atoms with Gasteiger partial charge in [0.05, 0.1) is 10.2 Å². The molecule has 0 unspecified atom stereocenters. The van der Waals surface area contributed by atoms with E-state index in [0.717, 1.165) is 32.7 Å². The van der Waals surface area contributed by atoms with Crippen LogP contribution in [0.15, 0.2) is 66.7 Å². The Hall–Kier alpha value is -2.85. The van der Waals surface area contributed by atoms with Gasteiger partial charge in [0.1, 0.15) is 12.4 Å². The summed E-state index contributed by atoms with van der Waals surface area (Å²) in [7, 11) is 0. The quantitative estimate of drug-likeness (QED) is 0.536. The number of para-hydroxylation sites is 1. The number of hydrogen-bond donors (Lipinski definition) is 1. The van der Waals surface area contributed by atoms with Crippen LogP contribution in [-0.2, 0) is 6.61 Å². The van der Waals surface area contributed by atoms with Gasteiger partial charge in [-0.3, -0.25) is 0 Å². The van der Waals surface area contributed by atoms with E-state index in [2.05, 4.69) is 48.3 Å². The van der Waals surface area contributed by atoms with Crippen LogP contribution in [0.25, 0.3) is 21.3 Å². The Bertz CT molecular complexity index is 1020. The minimum absolute atomic E-state index is 0.509. The number of hydrogen-bond acceptors (Lipinski definition) is 4. The van der Waals surface area contributed by atoms with Crippen LogP contribution in [0.4, 0.5) is 5.13 Å². The van der Waals surface area contributed by atoms with Gasteiger partial charge >= 0.3 is 0 Å². The van der Waals surface area contributed by atoms with Crippen molar-refractivity contribution in [2.45, 2.75) is 13.5 Å². The third kappa shape index (κ3) is 3.21. The van der Waals surface area contributed by atoms with E-state index in [0.29, 0.717) is 11.7 Å². The van der Waals surface area contributed by atoms with E-state index in [1.807, 2.05) is 30.3 Å². The molecule has 124 valence electrons. The Labute approximate surface area is 150 Å². The fraction of sp³-hybridized carbons (Fsp3) is 0.0952. The summed E-state index contributed by atoms with van der Waals surface area (Å²) in [5.41, 5.74) is 11.4. The van der Waals surface area contributed by atoms with Crippen LogP contribution >= 0.6 is 11.3 Å². The molecule has 0 bridgehead atoms. The van der Waals surface area contributed by atoms with Gasteiger partial charge in [-0.05, 0) is 36.2 Å². The zero-order chi connectivity index (χ0) is 17.2. The van der Waals surface area contributed by atoms with Crippen LogP contribution < -0.4 is 10.5 Å². The molecule has 0 spiro atoms. The van der Waals surface area contributed by atoms with Gasteiger partial charge < -0.3 is 10.5 Å². The summed E-state index contributed by atoms with van der Waals surface area (Å²) >= 11 is 1.51. The van der Waals surface area contributed by atoms with Crippen molar-refractivity contribution in [2.24, 2.45) is 0 Å². The van der Waals surface area contributed by atoms with Crippen molar-refractivity contribution in [3.8, 4) is 16.9 Å². The van der Waals surface area contributed by atoms with Crippen LogP contribution in [-0.4, -0.2) is 4.98 Å². The molecule has 0 atom stereocenters. The number of ether oxygens (including phenoxy) is 1. The third-order valence-electron chi connectivity index (χ3n) is 4.16. The number of thiazole rings is 1. The predicted octanol–water partition coefficient (Wildman–Crippen LogP) is 5.43. The minimum atomic E-state index is 0.509. The number of nitrogens with zero attached hydrogens (tertiary/aromatic N) is 1. The fourth-order valence-electron chi connectivity index (χ4n) is 2.89. The monoisotopic (exact) mass is 346 g/mol. The molecule has 3 nitrogen and oxygen atoms in total. The molecule has 3 aromatic carbocycles. The van der Waals surface area contributed by atoms with E-state index in [1.165, 1.54) is 16.9 Å². The molecule has 0 aliphatic rings. The number of anilines is 1. The van der Waals surface area contributed by atoms with Crippen molar-refractivity contribution in [3.63, 3.8) is 0 Å². The minimum Gasteiger partial charge on any atom is -0.489 e. The lowest BCUT2D eigenvalue weighted by molar-refractivity contribution is 0.306. The lowest BCUT2D eigenvalue weighted by Gasteiger charge is -2.12.